The average molecular weight is 278 g/mol. The van der Waals surface area contributed by atoms with Crippen LogP contribution in [0.4, 0.5) is 18.9 Å². The Balaban J connectivity index is 2.52. The van der Waals surface area contributed by atoms with Crippen LogP contribution in [0.1, 0.15) is 0 Å². The molecule has 0 saturated carbocycles. The van der Waals surface area contributed by atoms with Gasteiger partial charge in [-0.25, -0.2) is 0 Å². The first-order chi connectivity index (χ1) is 8.81. The number of halogens is 3. The largest absolute Gasteiger partial charge is 0.493 e. The highest BCUT2D eigenvalue weighted by molar-refractivity contribution is 5.77. The number of hydrogen-bond acceptors (Lipinski definition) is 4. The summed E-state index contributed by atoms with van der Waals surface area (Å²) >= 11 is 0. The lowest BCUT2D eigenvalue weighted by atomic mass is 10.3. The molecule has 8 heteroatoms. The number of ether oxygens (including phenoxy) is 2. The van der Waals surface area contributed by atoms with Crippen LogP contribution in [0.3, 0.4) is 0 Å². The molecular formula is C11H13F3N2O3. The molecular weight excluding hydrogens is 265 g/mol. The van der Waals surface area contributed by atoms with E-state index in [0.717, 1.165) is 0 Å². The Morgan fingerprint density at radius 2 is 2.05 bits per heavy atom. The molecule has 0 radical (unpaired) electrons. The van der Waals surface area contributed by atoms with Crippen molar-refractivity contribution in [3.8, 4) is 11.5 Å². The fourth-order valence-corrected chi connectivity index (χ4v) is 1.20. The van der Waals surface area contributed by atoms with Crippen LogP contribution in [0.5, 0.6) is 11.5 Å². The highest BCUT2D eigenvalue weighted by atomic mass is 19.4. The minimum atomic E-state index is -4.45. The lowest BCUT2D eigenvalue weighted by Gasteiger charge is -2.12. The Morgan fingerprint density at radius 3 is 2.63 bits per heavy atom. The van der Waals surface area contributed by atoms with Crippen LogP contribution in [0.15, 0.2) is 18.2 Å². The van der Waals surface area contributed by atoms with Crippen molar-refractivity contribution in [2.75, 3.05) is 26.0 Å². The summed E-state index contributed by atoms with van der Waals surface area (Å²) in [5, 5.41) is 1.68. The SMILES string of the molecule is COc1ccc(N)cc1OCC(=O)NCC(F)(F)F. The summed E-state index contributed by atoms with van der Waals surface area (Å²) in [5.74, 6) is -0.371. The van der Waals surface area contributed by atoms with Gasteiger partial charge in [0.15, 0.2) is 18.1 Å². The van der Waals surface area contributed by atoms with Gasteiger partial charge < -0.3 is 20.5 Å². The van der Waals surface area contributed by atoms with E-state index in [2.05, 4.69) is 0 Å². The molecule has 0 aromatic heterocycles. The maximum Gasteiger partial charge on any atom is 0.405 e. The Morgan fingerprint density at radius 1 is 1.37 bits per heavy atom. The van der Waals surface area contributed by atoms with Gasteiger partial charge in [-0.15, -0.1) is 0 Å². The Kier molecular flexibility index (Phi) is 4.85. The number of nitrogens with one attached hydrogen (secondary N) is 1. The van der Waals surface area contributed by atoms with Gasteiger partial charge in [0, 0.05) is 11.8 Å². The summed E-state index contributed by atoms with van der Waals surface area (Å²) in [4.78, 5) is 11.1. The quantitative estimate of drug-likeness (QED) is 0.797. The van der Waals surface area contributed by atoms with Crippen LogP contribution in [0.2, 0.25) is 0 Å². The zero-order valence-electron chi connectivity index (χ0n) is 10.1. The maximum atomic E-state index is 11.9. The van der Waals surface area contributed by atoms with Crippen LogP contribution in [-0.4, -0.2) is 32.3 Å². The molecule has 0 fully saturated rings. The summed E-state index contributed by atoms with van der Waals surface area (Å²) < 4.78 is 45.6. The number of nitrogen functional groups attached to an aromatic ring is 1. The lowest BCUT2D eigenvalue weighted by Crippen LogP contribution is -2.36. The fourth-order valence-electron chi connectivity index (χ4n) is 1.20. The summed E-state index contributed by atoms with van der Waals surface area (Å²) in [6.07, 6.45) is -4.45. The summed E-state index contributed by atoms with van der Waals surface area (Å²) in [5.41, 5.74) is 5.90. The van der Waals surface area contributed by atoms with Crippen molar-refractivity contribution in [2.24, 2.45) is 0 Å². The number of amides is 1. The predicted octanol–water partition coefficient (Wildman–Crippen LogP) is 1.33. The maximum absolute atomic E-state index is 11.9. The van der Waals surface area contributed by atoms with Crippen molar-refractivity contribution in [1.29, 1.82) is 0 Å². The van der Waals surface area contributed by atoms with Crippen LogP contribution in [0.25, 0.3) is 0 Å². The van der Waals surface area contributed by atoms with E-state index in [-0.39, 0.29) is 5.75 Å². The predicted molar refractivity (Wildman–Crippen MR) is 62.0 cm³/mol. The number of carbonyl (C=O) groups excluding carboxylic acids is 1. The van der Waals surface area contributed by atoms with E-state index >= 15 is 0 Å². The number of hydrogen-bond donors (Lipinski definition) is 2. The van der Waals surface area contributed by atoms with Gasteiger partial charge in [0.2, 0.25) is 0 Å². The number of alkyl halides is 3. The number of carbonyl (C=O) groups is 1. The van der Waals surface area contributed by atoms with E-state index in [9.17, 15) is 18.0 Å². The van der Waals surface area contributed by atoms with Gasteiger partial charge in [-0.05, 0) is 12.1 Å². The molecule has 1 rings (SSSR count). The molecule has 0 bridgehead atoms. The van der Waals surface area contributed by atoms with E-state index in [4.69, 9.17) is 15.2 Å². The molecule has 1 amide bonds. The van der Waals surface area contributed by atoms with E-state index in [0.29, 0.717) is 11.4 Å². The van der Waals surface area contributed by atoms with Gasteiger partial charge in [-0.3, -0.25) is 4.79 Å². The molecule has 5 nitrogen and oxygen atoms in total. The summed E-state index contributed by atoms with van der Waals surface area (Å²) in [6.45, 7) is -1.96. The number of benzene rings is 1. The first kappa shape index (κ1) is 14.9. The molecule has 0 aliphatic heterocycles. The zero-order chi connectivity index (χ0) is 14.5. The Hall–Kier alpha value is -2.12. The standard InChI is InChI=1S/C11H13F3N2O3/c1-18-8-3-2-7(15)4-9(8)19-5-10(17)16-6-11(12,13)14/h2-4H,5-6,15H2,1H3,(H,16,17). The minimum Gasteiger partial charge on any atom is -0.493 e. The molecule has 0 saturated heterocycles. The highest BCUT2D eigenvalue weighted by Crippen LogP contribution is 2.28. The Bertz CT molecular complexity index is 449. The number of methoxy groups -OCH3 is 1. The third kappa shape index (κ3) is 5.36. The normalized spacial score (nSPS) is 10.9. The molecule has 1 aromatic rings. The molecule has 0 aliphatic carbocycles. The minimum absolute atomic E-state index is 0.185. The van der Waals surface area contributed by atoms with Crippen molar-refractivity contribution in [1.82, 2.24) is 5.32 Å². The van der Waals surface area contributed by atoms with Gasteiger partial charge in [0.05, 0.1) is 7.11 Å². The van der Waals surface area contributed by atoms with Crippen molar-refractivity contribution >= 4 is 11.6 Å². The lowest BCUT2D eigenvalue weighted by molar-refractivity contribution is -0.139. The van der Waals surface area contributed by atoms with Crippen molar-refractivity contribution in [2.45, 2.75) is 6.18 Å². The smallest absolute Gasteiger partial charge is 0.405 e. The average Bonchev–Trinajstić information content (AvgIpc) is 2.33. The molecule has 0 heterocycles. The third-order valence-electron chi connectivity index (χ3n) is 2.03. The van der Waals surface area contributed by atoms with E-state index in [1.54, 1.807) is 11.4 Å². The number of rotatable bonds is 5. The van der Waals surface area contributed by atoms with Crippen LogP contribution >= 0.6 is 0 Å². The van der Waals surface area contributed by atoms with Gasteiger partial charge in [-0.2, -0.15) is 13.2 Å². The molecule has 3 N–H and O–H groups in total. The van der Waals surface area contributed by atoms with Gasteiger partial charge in [-0.1, -0.05) is 0 Å². The van der Waals surface area contributed by atoms with E-state index in [1.165, 1.54) is 19.2 Å². The number of anilines is 1. The molecule has 0 unspecified atom stereocenters. The number of nitrogens with two attached hydrogens (primary N) is 1. The van der Waals surface area contributed by atoms with Crippen molar-refractivity contribution in [3.05, 3.63) is 18.2 Å². The summed E-state index contributed by atoms with van der Waals surface area (Å²) in [7, 11) is 1.39. The fraction of sp³-hybridized carbons (Fsp3) is 0.364. The monoisotopic (exact) mass is 278 g/mol. The first-order valence-corrected chi connectivity index (χ1v) is 5.21. The molecule has 0 aliphatic rings. The van der Waals surface area contributed by atoms with Crippen molar-refractivity contribution < 1.29 is 27.4 Å². The van der Waals surface area contributed by atoms with Gasteiger partial charge in [0.1, 0.15) is 6.54 Å². The first-order valence-electron chi connectivity index (χ1n) is 5.21. The van der Waals surface area contributed by atoms with E-state index < -0.39 is 25.2 Å². The van der Waals surface area contributed by atoms with E-state index in [1.807, 2.05) is 0 Å². The molecule has 0 atom stereocenters. The molecule has 19 heavy (non-hydrogen) atoms. The van der Waals surface area contributed by atoms with Gasteiger partial charge >= 0.3 is 6.18 Å². The third-order valence-corrected chi connectivity index (χ3v) is 2.03. The molecule has 1 aromatic carbocycles. The second-order valence-electron chi connectivity index (χ2n) is 3.59. The zero-order valence-corrected chi connectivity index (χ0v) is 10.1. The molecule has 0 spiro atoms. The summed E-state index contributed by atoms with van der Waals surface area (Å²) in [6, 6.07) is 4.50. The topological polar surface area (TPSA) is 73.6 Å². The van der Waals surface area contributed by atoms with Gasteiger partial charge in [0.25, 0.3) is 5.91 Å². The van der Waals surface area contributed by atoms with Crippen LogP contribution < -0.4 is 20.5 Å². The van der Waals surface area contributed by atoms with Crippen LogP contribution in [0, 0.1) is 0 Å². The Labute approximate surface area is 107 Å². The van der Waals surface area contributed by atoms with Crippen LogP contribution in [-0.2, 0) is 4.79 Å². The van der Waals surface area contributed by atoms with Crippen molar-refractivity contribution in [3.63, 3.8) is 0 Å². The highest BCUT2D eigenvalue weighted by Gasteiger charge is 2.27. The molecule has 106 valence electrons. The second kappa shape index (κ2) is 6.17. The second-order valence-corrected chi connectivity index (χ2v) is 3.59.